The minimum absolute atomic E-state index is 0.224. The number of hydrogen-bond acceptors (Lipinski definition) is 5. The van der Waals surface area contributed by atoms with Crippen molar-refractivity contribution in [2.24, 2.45) is 0 Å². The van der Waals surface area contributed by atoms with Crippen molar-refractivity contribution in [2.75, 3.05) is 26.2 Å². The predicted molar refractivity (Wildman–Crippen MR) is 158 cm³/mol. The molecule has 2 aliphatic heterocycles. The fourth-order valence-corrected chi connectivity index (χ4v) is 5.81. The first kappa shape index (κ1) is 28.2. The second kappa shape index (κ2) is 12.0. The molecule has 0 bridgehead atoms. The van der Waals surface area contributed by atoms with E-state index in [-0.39, 0.29) is 12.0 Å². The van der Waals surface area contributed by atoms with Crippen LogP contribution in [0.25, 0.3) is 11.0 Å². The molecule has 2 saturated heterocycles. The van der Waals surface area contributed by atoms with Gasteiger partial charge >= 0.3 is 6.09 Å². The number of piperidine rings is 2. The highest BCUT2D eigenvalue weighted by atomic mass is 35.5. The van der Waals surface area contributed by atoms with Crippen molar-refractivity contribution in [3.05, 3.63) is 63.4 Å². The number of imidazole rings is 1. The van der Waals surface area contributed by atoms with Gasteiger partial charge in [-0.05, 0) is 82.8 Å². The fourth-order valence-electron chi connectivity index (χ4n) is 5.50. The molecule has 0 saturated carbocycles. The van der Waals surface area contributed by atoms with E-state index >= 15 is 0 Å². The van der Waals surface area contributed by atoms with E-state index in [1.165, 1.54) is 24.0 Å². The van der Waals surface area contributed by atoms with Gasteiger partial charge in [0.2, 0.25) is 0 Å². The number of benzene rings is 2. The summed E-state index contributed by atoms with van der Waals surface area (Å²) in [6, 6.07) is 13.2. The molecule has 2 N–H and O–H groups in total. The third kappa shape index (κ3) is 7.07. The lowest BCUT2D eigenvalue weighted by Crippen LogP contribution is -2.41. The minimum atomic E-state index is -0.501. The number of nitrogens with zero attached hydrogens (tertiary/aromatic N) is 3. The van der Waals surface area contributed by atoms with Crippen LogP contribution in [0.1, 0.15) is 69.3 Å². The van der Waals surface area contributed by atoms with Crippen molar-refractivity contribution in [1.82, 2.24) is 25.1 Å². The van der Waals surface area contributed by atoms with E-state index in [0.717, 1.165) is 49.3 Å². The number of likely N-dealkylation sites (tertiary alicyclic amines) is 1. The van der Waals surface area contributed by atoms with Crippen molar-refractivity contribution in [2.45, 2.75) is 77.1 Å². The molecule has 3 heterocycles. The van der Waals surface area contributed by atoms with E-state index in [1.807, 2.05) is 32.9 Å². The predicted octanol–water partition coefficient (Wildman–Crippen LogP) is 6.35. The van der Waals surface area contributed by atoms with Gasteiger partial charge in [-0.2, -0.15) is 0 Å². The van der Waals surface area contributed by atoms with E-state index < -0.39 is 5.60 Å². The highest BCUT2D eigenvalue weighted by molar-refractivity contribution is 6.42. The Hall–Kier alpha value is -2.32. The van der Waals surface area contributed by atoms with Crippen molar-refractivity contribution in [3.63, 3.8) is 0 Å². The molecule has 9 heteroatoms. The van der Waals surface area contributed by atoms with Crippen LogP contribution >= 0.6 is 23.2 Å². The summed E-state index contributed by atoms with van der Waals surface area (Å²) < 4.78 is 7.86. The molecule has 2 aromatic carbocycles. The number of amides is 1. The van der Waals surface area contributed by atoms with Gasteiger partial charge in [0, 0.05) is 38.1 Å². The van der Waals surface area contributed by atoms with Crippen LogP contribution in [0, 0.1) is 0 Å². The zero-order valence-corrected chi connectivity index (χ0v) is 24.6. The van der Waals surface area contributed by atoms with Crippen LogP contribution < -0.4 is 10.6 Å². The summed E-state index contributed by atoms with van der Waals surface area (Å²) in [5.74, 6) is 1.24. The molecule has 1 aromatic heterocycles. The number of nitrogens with one attached hydrogen (secondary N) is 2. The van der Waals surface area contributed by atoms with Gasteiger partial charge in [0.15, 0.2) is 0 Å². The standard InChI is InChI=1S/C30H39Cl2N5O2/c1-30(2,3)39-29(38)36-14-10-22(11-15-36)28-35-26-16-24(31)25(32)17-27(26)37(28)19-21-6-4-20(5-7-21)18-34-23-8-12-33-13-9-23/h4-7,16-17,22-23,33-34H,8-15,18-19H2,1-3H3. The van der Waals surface area contributed by atoms with Gasteiger partial charge in [-0.3, -0.25) is 0 Å². The van der Waals surface area contributed by atoms with Crippen LogP contribution in [-0.4, -0.2) is 58.4 Å². The number of fused-ring (bicyclic) bond motifs is 1. The number of halogens is 2. The first-order valence-corrected chi connectivity index (χ1v) is 14.8. The maximum absolute atomic E-state index is 12.6. The van der Waals surface area contributed by atoms with Crippen LogP contribution in [0.15, 0.2) is 36.4 Å². The van der Waals surface area contributed by atoms with Crippen LogP contribution in [0.4, 0.5) is 4.79 Å². The molecule has 0 radical (unpaired) electrons. The average molecular weight is 573 g/mol. The average Bonchev–Trinajstić information content (AvgIpc) is 3.25. The van der Waals surface area contributed by atoms with Crippen LogP contribution in [0.5, 0.6) is 0 Å². The lowest BCUT2D eigenvalue weighted by molar-refractivity contribution is 0.0202. The molecular weight excluding hydrogens is 533 g/mol. The normalized spacial score (nSPS) is 17.6. The van der Waals surface area contributed by atoms with Gasteiger partial charge in [-0.25, -0.2) is 9.78 Å². The summed E-state index contributed by atoms with van der Waals surface area (Å²) >= 11 is 12.8. The number of carbonyl (C=O) groups is 1. The molecule has 0 aliphatic carbocycles. The summed E-state index contributed by atoms with van der Waals surface area (Å²) in [6.07, 6.45) is 3.76. The van der Waals surface area contributed by atoms with E-state index in [9.17, 15) is 4.79 Å². The van der Waals surface area contributed by atoms with Gasteiger partial charge < -0.3 is 24.8 Å². The molecule has 5 rings (SSSR count). The maximum Gasteiger partial charge on any atom is 0.410 e. The molecule has 0 spiro atoms. The monoisotopic (exact) mass is 571 g/mol. The maximum atomic E-state index is 12.6. The Morgan fingerprint density at radius 3 is 2.33 bits per heavy atom. The third-order valence-electron chi connectivity index (χ3n) is 7.63. The number of aromatic nitrogens is 2. The van der Waals surface area contributed by atoms with Gasteiger partial charge in [-0.1, -0.05) is 47.5 Å². The van der Waals surface area contributed by atoms with Gasteiger partial charge in [0.1, 0.15) is 11.4 Å². The molecule has 3 aromatic rings. The van der Waals surface area contributed by atoms with Crippen LogP contribution in [-0.2, 0) is 17.8 Å². The van der Waals surface area contributed by atoms with Gasteiger partial charge in [0.25, 0.3) is 0 Å². The molecule has 7 nitrogen and oxygen atoms in total. The second-order valence-corrected chi connectivity index (χ2v) is 12.6. The van der Waals surface area contributed by atoms with Gasteiger partial charge in [0.05, 0.1) is 21.1 Å². The Labute approximate surface area is 241 Å². The zero-order chi connectivity index (χ0) is 27.6. The van der Waals surface area contributed by atoms with Gasteiger partial charge in [-0.15, -0.1) is 0 Å². The van der Waals surface area contributed by atoms with Crippen molar-refractivity contribution >= 4 is 40.3 Å². The molecule has 39 heavy (non-hydrogen) atoms. The highest BCUT2D eigenvalue weighted by Gasteiger charge is 2.30. The van der Waals surface area contributed by atoms with Crippen LogP contribution in [0.3, 0.4) is 0 Å². The lowest BCUT2D eigenvalue weighted by atomic mass is 9.96. The first-order chi connectivity index (χ1) is 18.7. The largest absolute Gasteiger partial charge is 0.444 e. The number of rotatable bonds is 6. The zero-order valence-electron chi connectivity index (χ0n) is 23.1. The SMILES string of the molecule is CC(C)(C)OC(=O)N1CCC(c2nc3cc(Cl)c(Cl)cc3n2Cc2ccc(CNC3CCNCC3)cc2)CC1. The van der Waals surface area contributed by atoms with Crippen molar-refractivity contribution < 1.29 is 9.53 Å². The van der Waals surface area contributed by atoms with Crippen molar-refractivity contribution in [1.29, 1.82) is 0 Å². The van der Waals surface area contributed by atoms with E-state index in [1.54, 1.807) is 4.90 Å². The van der Waals surface area contributed by atoms with Crippen molar-refractivity contribution in [3.8, 4) is 0 Å². The minimum Gasteiger partial charge on any atom is -0.444 e. The molecule has 1 amide bonds. The highest BCUT2D eigenvalue weighted by Crippen LogP contribution is 2.34. The quantitative estimate of drug-likeness (QED) is 0.361. The molecule has 210 valence electrons. The Morgan fingerprint density at radius 1 is 1.03 bits per heavy atom. The van der Waals surface area contributed by atoms with E-state index in [4.69, 9.17) is 32.9 Å². The Kier molecular flexibility index (Phi) is 8.72. The Morgan fingerprint density at radius 2 is 1.67 bits per heavy atom. The number of hydrogen-bond donors (Lipinski definition) is 2. The summed E-state index contributed by atoms with van der Waals surface area (Å²) in [5, 5.41) is 8.14. The number of carbonyl (C=O) groups excluding carboxylic acids is 1. The van der Waals surface area contributed by atoms with Crippen LogP contribution in [0.2, 0.25) is 10.0 Å². The summed E-state index contributed by atoms with van der Waals surface area (Å²) in [7, 11) is 0. The molecule has 0 atom stereocenters. The molecule has 0 unspecified atom stereocenters. The third-order valence-corrected chi connectivity index (χ3v) is 8.35. The fraction of sp³-hybridized carbons (Fsp3) is 0.533. The van der Waals surface area contributed by atoms with E-state index in [0.29, 0.717) is 35.7 Å². The lowest BCUT2D eigenvalue weighted by Gasteiger charge is -2.33. The summed E-state index contributed by atoms with van der Waals surface area (Å²) in [4.78, 5) is 19.4. The number of ether oxygens (including phenoxy) is 1. The summed E-state index contributed by atoms with van der Waals surface area (Å²) in [5.41, 5.74) is 3.82. The molecule has 2 aliphatic rings. The molecular formula is C30H39Cl2N5O2. The Bertz CT molecular complexity index is 1290. The topological polar surface area (TPSA) is 71.4 Å². The Balaban J connectivity index is 1.32. The molecule has 2 fully saturated rings. The van der Waals surface area contributed by atoms with E-state index in [2.05, 4.69) is 39.5 Å². The second-order valence-electron chi connectivity index (χ2n) is 11.8. The first-order valence-electron chi connectivity index (χ1n) is 14.0. The smallest absolute Gasteiger partial charge is 0.410 e. The summed E-state index contributed by atoms with van der Waals surface area (Å²) in [6.45, 7) is 10.7.